The molecule has 0 spiro atoms. The number of nitrogens with zero attached hydrogens (tertiary/aromatic N) is 2. The molecule has 1 aliphatic heterocycles. The standard InChI is InChI=1S/C18H18F4N2/c1-2-3-4-9-24-15-6-5-12(19)10-14(15)17(18(20,21)22)13-7-8-23-11-16(13)24/h5-8,10-11,17H,2-4,9H2,1H3. The Morgan fingerprint density at radius 2 is 1.88 bits per heavy atom. The molecule has 2 heterocycles. The fraction of sp³-hybridized carbons (Fsp3) is 0.389. The maximum Gasteiger partial charge on any atom is 0.399 e. The molecule has 0 fully saturated rings. The van der Waals surface area contributed by atoms with E-state index in [0.717, 1.165) is 25.3 Å². The molecule has 1 aliphatic rings. The summed E-state index contributed by atoms with van der Waals surface area (Å²) in [5.74, 6) is -2.49. The Kier molecular flexibility index (Phi) is 4.47. The van der Waals surface area contributed by atoms with Crippen LogP contribution in [-0.2, 0) is 0 Å². The van der Waals surface area contributed by atoms with Gasteiger partial charge in [-0.25, -0.2) is 4.39 Å². The number of anilines is 2. The van der Waals surface area contributed by atoms with Crippen molar-refractivity contribution in [2.24, 2.45) is 0 Å². The second-order valence-electron chi connectivity index (χ2n) is 5.97. The molecule has 0 bridgehead atoms. The van der Waals surface area contributed by atoms with Gasteiger partial charge < -0.3 is 4.90 Å². The van der Waals surface area contributed by atoms with E-state index in [4.69, 9.17) is 0 Å². The molecule has 0 radical (unpaired) electrons. The van der Waals surface area contributed by atoms with Crippen LogP contribution in [0.1, 0.15) is 43.2 Å². The lowest BCUT2D eigenvalue weighted by Crippen LogP contribution is -2.32. The van der Waals surface area contributed by atoms with Crippen molar-refractivity contribution in [1.29, 1.82) is 0 Å². The van der Waals surface area contributed by atoms with E-state index in [1.54, 1.807) is 0 Å². The van der Waals surface area contributed by atoms with E-state index in [0.29, 0.717) is 17.9 Å². The number of fused-ring (bicyclic) bond motifs is 2. The minimum absolute atomic E-state index is 0.0299. The van der Waals surface area contributed by atoms with Gasteiger partial charge >= 0.3 is 6.18 Å². The van der Waals surface area contributed by atoms with Crippen molar-refractivity contribution in [3.05, 3.63) is 53.6 Å². The van der Waals surface area contributed by atoms with Gasteiger partial charge in [0.1, 0.15) is 11.7 Å². The van der Waals surface area contributed by atoms with Gasteiger partial charge in [-0.2, -0.15) is 13.2 Å². The number of hydrogen-bond acceptors (Lipinski definition) is 2. The molecule has 0 aliphatic carbocycles. The van der Waals surface area contributed by atoms with Crippen LogP contribution in [0.15, 0.2) is 36.7 Å². The highest BCUT2D eigenvalue weighted by Gasteiger charge is 2.47. The maximum atomic E-state index is 13.7. The highest BCUT2D eigenvalue weighted by molar-refractivity contribution is 5.76. The Morgan fingerprint density at radius 3 is 2.58 bits per heavy atom. The first-order valence-corrected chi connectivity index (χ1v) is 8.01. The van der Waals surface area contributed by atoms with Crippen molar-refractivity contribution in [2.75, 3.05) is 11.4 Å². The molecule has 24 heavy (non-hydrogen) atoms. The molecule has 2 aromatic rings. The first-order chi connectivity index (χ1) is 11.4. The van der Waals surface area contributed by atoms with Gasteiger partial charge in [-0.15, -0.1) is 0 Å². The predicted octanol–water partition coefficient (Wildman–Crippen LogP) is 5.56. The highest BCUT2D eigenvalue weighted by Crippen LogP contribution is 2.51. The average Bonchev–Trinajstić information content (AvgIpc) is 2.52. The Labute approximate surface area is 138 Å². The van der Waals surface area contributed by atoms with Gasteiger partial charge in [0.25, 0.3) is 0 Å². The molecule has 0 amide bonds. The summed E-state index contributed by atoms with van der Waals surface area (Å²) in [4.78, 5) is 5.83. The number of pyridine rings is 1. The topological polar surface area (TPSA) is 16.1 Å². The molecular formula is C18H18F4N2. The smallest absolute Gasteiger partial charge is 0.340 e. The number of unbranched alkanes of at least 4 members (excludes halogenated alkanes) is 2. The van der Waals surface area contributed by atoms with Crippen LogP contribution in [-0.4, -0.2) is 17.7 Å². The lowest BCUT2D eigenvalue weighted by atomic mass is 9.85. The van der Waals surface area contributed by atoms with Gasteiger partial charge in [0.15, 0.2) is 0 Å². The molecule has 0 N–H and O–H groups in total. The highest BCUT2D eigenvalue weighted by atomic mass is 19.4. The molecule has 128 valence electrons. The van der Waals surface area contributed by atoms with Gasteiger partial charge in [0.05, 0.1) is 11.9 Å². The van der Waals surface area contributed by atoms with Crippen LogP contribution in [0, 0.1) is 5.82 Å². The zero-order chi connectivity index (χ0) is 17.3. The number of benzene rings is 1. The molecule has 2 nitrogen and oxygen atoms in total. The van der Waals surface area contributed by atoms with E-state index in [1.165, 1.54) is 30.6 Å². The van der Waals surface area contributed by atoms with E-state index in [2.05, 4.69) is 11.9 Å². The van der Waals surface area contributed by atoms with Crippen molar-refractivity contribution in [1.82, 2.24) is 4.98 Å². The van der Waals surface area contributed by atoms with Crippen LogP contribution in [0.5, 0.6) is 0 Å². The summed E-state index contributed by atoms with van der Waals surface area (Å²) in [5, 5.41) is 0. The van der Waals surface area contributed by atoms with Gasteiger partial charge in [0, 0.05) is 18.4 Å². The van der Waals surface area contributed by atoms with Crippen molar-refractivity contribution in [3.63, 3.8) is 0 Å². The Bertz CT molecular complexity index is 727. The Balaban J connectivity index is 2.15. The molecule has 0 saturated heterocycles. The van der Waals surface area contributed by atoms with Crippen LogP contribution < -0.4 is 4.90 Å². The van der Waals surface area contributed by atoms with E-state index in [9.17, 15) is 17.6 Å². The van der Waals surface area contributed by atoms with Crippen molar-refractivity contribution >= 4 is 11.4 Å². The van der Waals surface area contributed by atoms with Crippen molar-refractivity contribution in [2.45, 2.75) is 38.3 Å². The SMILES string of the molecule is CCCCCN1c2ccc(F)cc2C(C(F)(F)F)c2ccncc21. The fourth-order valence-corrected chi connectivity index (χ4v) is 3.28. The van der Waals surface area contributed by atoms with E-state index < -0.39 is 17.9 Å². The fourth-order valence-electron chi connectivity index (χ4n) is 3.28. The summed E-state index contributed by atoms with van der Waals surface area (Å²) in [6, 6.07) is 5.03. The van der Waals surface area contributed by atoms with Gasteiger partial charge in [-0.3, -0.25) is 4.98 Å². The molecule has 1 aromatic heterocycles. The molecule has 0 saturated carbocycles. The molecule has 3 rings (SSSR count). The van der Waals surface area contributed by atoms with Crippen molar-refractivity contribution in [3.8, 4) is 0 Å². The largest absolute Gasteiger partial charge is 0.399 e. The third-order valence-electron chi connectivity index (χ3n) is 4.34. The average molecular weight is 338 g/mol. The molecule has 1 atom stereocenters. The number of aromatic nitrogens is 1. The van der Waals surface area contributed by atoms with E-state index >= 15 is 0 Å². The summed E-state index contributed by atoms with van der Waals surface area (Å²) in [7, 11) is 0. The lowest BCUT2D eigenvalue weighted by molar-refractivity contribution is -0.141. The second-order valence-corrected chi connectivity index (χ2v) is 5.97. The number of halogens is 4. The predicted molar refractivity (Wildman–Crippen MR) is 85.1 cm³/mol. The summed E-state index contributed by atoms with van der Waals surface area (Å²) in [6.45, 7) is 2.64. The first-order valence-electron chi connectivity index (χ1n) is 8.01. The normalized spacial score (nSPS) is 16.7. The van der Waals surface area contributed by atoms with Gasteiger partial charge in [-0.05, 0) is 41.8 Å². The van der Waals surface area contributed by atoms with Crippen LogP contribution in [0.25, 0.3) is 0 Å². The maximum absolute atomic E-state index is 13.7. The molecule has 6 heteroatoms. The first kappa shape index (κ1) is 16.7. The zero-order valence-corrected chi connectivity index (χ0v) is 13.3. The zero-order valence-electron chi connectivity index (χ0n) is 13.3. The summed E-state index contributed by atoms with van der Waals surface area (Å²) in [5.41, 5.74) is 0.968. The summed E-state index contributed by atoms with van der Waals surface area (Å²) >= 11 is 0. The third-order valence-corrected chi connectivity index (χ3v) is 4.34. The number of hydrogen-bond donors (Lipinski definition) is 0. The minimum Gasteiger partial charge on any atom is -0.340 e. The number of rotatable bonds is 4. The van der Waals surface area contributed by atoms with Crippen LogP contribution in [0.4, 0.5) is 28.9 Å². The van der Waals surface area contributed by atoms with Gasteiger partial charge in [-0.1, -0.05) is 19.8 Å². The summed E-state index contributed by atoms with van der Waals surface area (Å²) in [6.07, 6.45) is 1.16. The van der Waals surface area contributed by atoms with Crippen molar-refractivity contribution < 1.29 is 17.6 Å². The number of alkyl halides is 3. The van der Waals surface area contributed by atoms with Crippen LogP contribution in [0.2, 0.25) is 0 Å². The second kappa shape index (κ2) is 6.42. The Morgan fingerprint density at radius 1 is 1.08 bits per heavy atom. The lowest BCUT2D eigenvalue weighted by Gasteiger charge is -2.38. The van der Waals surface area contributed by atoms with Crippen LogP contribution >= 0.6 is 0 Å². The minimum atomic E-state index is -4.49. The Hall–Kier alpha value is -2.11. The van der Waals surface area contributed by atoms with Crippen LogP contribution in [0.3, 0.4) is 0 Å². The van der Waals surface area contributed by atoms with E-state index in [-0.39, 0.29) is 11.1 Å². The van der Waals surface area contributed by atoms with E-state index in [1.807, 2.05) is 4.90 Å². The third kappa shape index (κ3) is 2.97. The molecule has 1 unspecified atom stereocenters. The molecular weight excluding hydrogens is 320 g/mol. The molecule has 1 aromatic carbocycles. The summed E-state index contributed by atoms with van der Waals surface area (Å²) < 4.78 is 54.8. The monoisotopic (exact) mass is 338 g/mol. The van der Waals surface area contributed by atoms with Gasteiger partial charge in [0.2, 0.25) is 0 Å². The quantitative estimate of drug-likeness (QED) is 0.536.